The van der Waals surface area contributed by atoms with E-state index in [4.69, 9.17) is 4.74 Å². The zero-order valence-electron chi connectivity index (χ0n) is 11.7. The summed E-state index contributed by atoms with van der Waals surface area (Å²) in [6.07, 6.45) is 7.02. The number of ether oxygens (including phenoxy) is 1. The summed E-state index contributed by atoms with van der Waals surface area (Å²) in [7, 11) is 0. The van der Waals surface area contributed by atoms with E-state index in [0.29, 0.717) is 18.1 Å². The quantitative estimate of drug-likeness (QED) is 0.874. The fraction of sp³-hybridized carbons (Fsp3) is 0.667. The molecule has 4 heteroatoms. The molecule has 4 nitrogen and oxygen atoms in total. The summed E-state index contributed by atoms with van der Waals surface area (Å²) in [5.41, 5.74) is 0. The molecule has 1 aromatic rings. The van der Waals surface area contributed by atoms with Gasteiger partial charge in [-0.3, -0.25) is 0 Å². The third-order valence-corrected chi connectivity index (χ3v) is 3.95. The maximum Gasteiger partial charge on any atom is 0.168 e. The van der Waals surface area contributed by atoms with E-state index in [9.17, 15) is 0 Å². The van der Waals surface area contributed by atoms with Gasteiger partial charge in [-0.25, -0.2) is 4.98 Å². The van der Waals surface area contributed by atoms with E-state index in [2.05, 4.69) is 15.6 Å². The first-order valence-electron chi connectivity index (χ1n) is 7.35. The number of nitrogens with one attached hydrogen (secondary N) is 2. The minimum atomic E-state index is 0.175. The van der Waals surface area contributed by atoms with Crippen molar-refractivity contribution in [2.24, 2.45) is 0 Å². The molecule has 2 aliphatic rings. The van der Waals surface area contributed by atoms with Gasteiger partial charge in [-0.15, -0.1) is 0 Å². The molecule has 104 valence electrons. The molecule has 0 spiro atoms. The first-order chi connectivity index (χ1) is 9.20. The van der Waals surface area contributed by atoms with Gasteiger partial charge in [0, 0.05) is 24.3 Å². The number of fused-ring (bicyclic) bond motifs is 2. The zero-order valence-corrected chi connectivity index (χ0v) is 11.7. The molecule has 2 fully saturated rings. The van der Waals surface area contributed by atoms with Gasteiger partial charge in [0.15, 0.2) is 11.6 Å². The van der Waals surface area contributed by atoms with Crippen LogP contribution in [0.15, 0.2) is 18.3 Å². The van der Waals surface area contributed by atoms with Gasteiger partial charge in [-0.05, 0) is 51.7 Å². The van der Waals surface area contributed by atoms with Crippen LogP contribution in [0.2, 0.25) is 0 Å². The molecule has 0 radical (unpaired) electrons. The molecule has 3 heterocycles. The topological polar surface area (TPSA) is 46.2 Å². The Bertz CT molecular complexity index is 423. The largest absolute Gasteiger partial charge is 0.487 e. The molecular formula is C15H23N3O. The van der Waals surface area contributed by atoms with Gasteiger partial charge in [-0.2, -0.15) is 0 Å². The van der Waals surface area contributed by atoms with Crippen LogP contribution in [0, 0.1) is 0 Å². The van der Waals surface area contributed by atoms with Crippen molar-refractivity contribution in [3.05, 3.63) is 18.3 Å². The van der Waals surface area contributed by atoms with Crippen molar-refractivity contribution in [1.29, 1.82) is 0 Å². The second-order valence-corrected chi connectivity index (χ2v) is 5.97. The number of piperidine rings is 1. The zero-order chi connectivity index (χ0) is 13.2. The molecule has 2 atom stereocenters. The summed E-state index contributed by atoms with van der Waals surface area (Å²) in [5.74, 6) is 1.76. The predicted molar refractivity (Wildman–Crippen MR) is 76.6 cm³/mol. The molecule has 0 aliphatic carbocycles. The van der Waals surface area contributed by atoms with Gasteiger partial charge in [-0.1, -0.05) is 0 Å². The van der Waals surface area contributed by atoms with Crippen molar-refractivity contribution in [3.8, 4) is 5.75 Å². The minimum Gasteiger partial charge on any atom is -0.487 e. The van der Waals surface area contributed by atoms with Gasteiger partial charge in [0.05, 0.1) is 6.10 Å². The highest BCUT2D eigenvalue weighted by Gasteiger charge is 2.33. The molecule has 0 aromatic carbocycles. The number of anilines is 1. The number of hydrogen-bond acceptors (Lipinski definition) is 4. The molecular weight excluding hydrogens is 238 g/mol. The summed E-state index contributed by atoms with van der Waals surface area (Å²) in [6, 6.07) is 5.81. The van der Waals surface area contributed by atoms with E-state index >= 15 is 0 Å². The van der Waals surface area contributed by atoms with E-state index in [1.165, 1.54) is 25.7 Å². The Morgan fingerprint density at radius 1 is 1.32 bits per heavy atom. The summed E-state index contributed by atoms with van der Waals surface area (Å²) < 4.78 is 5.82. The van der Waals surface area contributed by atoms with E-state index in [1.807, 2.05) is 32.2 Å². The summed E-state index contributed by atoms with van der Waals surface area (Å²) >= 11 is 0. The van der Waals surface area contributed by atoms with Crippen molar-refractivity contribution in [2.75, 3.05) is 5.32 Å². The van der Waals surface area contributed by atoms with Gasteiger partial charge in [0.2, 0.25) is 0 Å². The van der Waals surface area contributed by atoms with Crippen LogP contribution in [0.1, 0.15) is 39.5 Å². The molecule has 2 saturated heterocycles. The fourth-order valence-electron chi connectivity index (χ4n) is 3.22. The number of aromatic nitrogens is 1. The van der Waals surface area contributed by atoms with Crippen molar-refractivity contribution in [1.82, 2.24) is 10.3 Å². The van der Waals surface area contributed by atoms with Crippen LogP contribution in [0.4, 0.5) is 5.82 Å². The van der Waals surface area contributed by atoms with Crippen molar-refractivity contribution in [3.63, 3.8) is 0 Å². The molecule has 3 rings (SSSR count). The minimum absolute atomic E-state index is 0.175. The van der Waals surface area contributed by atoms with E-state index < -0.39 is 0 Å². The number of pyridine rings is 1. The monoisotopic (exact) mass is 261 g/mol. The maximum absolute atomic E-state index is 5.82. The Hall–Kier alpha value is -1.29. The normalized spacial score (nSPS) is 29.5. The maximum atomic E-state index is 5.82. The fourth-order valence-corrected chi connectivity index (χ4v) is 3.22. The summed E-state index contributed by atoms with van der Waals surface area (Å²) in [6.45, 7) is 4.09. The lowest BCUT2D eigenvalue weighted by molar-refractivity contribution is 0.242. The van der Waals surface area contributed by atoms with E-state index in [0.717, 1.165) is 11.6 Å². The molecule has 0 amide bonds. The van der Waals surface area contributed by atoms with Crippen molar-refractivity contribution >= 4 is 5.82 Å². The third kappa shape index (κ3) is 3.00. The second-order valence-electron chi connectivity index (χ2n) is 5.97. The Kier molecular flexibility index (Phi) is 3.60. The van der Waals surface area contributed by atoms with Gasteiger partial charge < -0.3 is 15.4 Å². The molecule has 1 aromatic heterocycles. The molecule has 2 aliphatic heterocycles. The van der Waals surface area contributed by atoms with Crippen LogP contribution in [0.25, 0.3) is 0 Å². The number of hydrogen-bond donors (Lipinski definition) is 2. The lowest BCUT2D eigenvalue weighted by Gasteiger charge is -2.30. The van der Waals surface area contributed by atoms with Crippen LogP contribution in [0.5, 0.6) is 5.75 Å². The average molecular weight is 261 g/mol. The number of rotatable bonds is 4. The molecule has 2 unspecified atom stereocenters. The number of nitrogens with zero attached hydrogens (tertiary/aromatic N) is 1. The highest BCUT2D eigenvalue weighted by molar-refractivity contribution is 5.50. The molecule has 2 bridgehead atoms. The first kappa shape index (κ1) is 12.7. The first-order valence-corrected chi connectivity index (χ1v) is 7.35. The lowest BCUT2D eigenvalue weighted by Crippen LogP contribution is -2.43. The Balaban J connectivity index is 1.69. The second kappa shape index (κ2) is 5.37. The smallest absolute Gasteiger partial charge is 0.168 e. The Morgan fingerprint density at radius 3 is 2.74 bits per heavy atom. The van der Waals surface area contributed by atoms with Crippen LogP contribution < -0.4 is 15.4 Å². The van der Waals surface area contributed by atoms with Crippen LogP contribution >= 0.6 is 0 Å². The Morgan fingerprint density at radius 2 is 2.05 bits per heavy atom. The average Bonchev–Trinajstić information content (AvgIpc) is 2.71. The van der Waals surface area contributed by atoms with Crippen LogP contribution in [0.3, 0.4) is 0 Å². The summed E-state index contributed by atoms with van der Waals surface area (Å²) in [5, 5.41) is 7.24. The highest BCUT2D eigenvalue weighted by Crippen LogP contribution is 2.30. The van der Waals surface area contributed by atoms with Crippen LogP contribution in [-0.4, -0.2) is 29.2 Å². The predicted octanol–water partition coefficient (Wildman–Crippen LogP) is 2.56. The molecule has 0 saturated carbocycles. The van der Waals surface area contributed by atoms with Gasteiger partial charge in [0.1, 0.15) is 0 Å². The third-order valence-electron chi connectivity index (χ3n) is 3.95. The van der Waals surface area contributed by atoms with Crippen molar-refractivity contribution in [2.45, 2.75) is 63.8 Å². The van der Waals surface area contributed by atoms with E-state index in [1.54, 1.807) is 0 Å². The SMILES string of the molecule is CC(C)Oc1cccnc1NC1CC2CCC(C1)N2. The molecule has 2 N–H and O–H groups in total. The lowest BCUT2D eigenvalue weighted by atomic mass is 10.00. The summed E-state index contributed by atoms with van der Waals surface area (Å²) in [4.78, 5) is 4.44. The highest BCUT2D eigenvalue weighted by atomic mass is 16.5. The van der Waals surface area contributed by atoms with Crippen molar-refractivity contribution < 1.29 is 4.74 Å². The van der Waals surface area contributed by atoms with E-state index in [-0.39, 0.29) is 6.10 Å². The van der Waals surface area contributed by atoms with Gasteiger partial charge in [0.25, 0.3) is 0 Å². The standard InChI is InChI=1S/C15H23N3O/c1-10(2)19-14-4-3-7-16-15(14)18-13-8-11-5-6-12(9-13)17-11/h3-4,7,10-13,17H,5-6,8-9H2,1-2H3,(H,16,18). The Labute approximate surface area is 115 Å². The molecule has 19 heavy (non-hydrogen) atoms. The van der Waals surface area contributed by atoms with Gasteiger partial charge >= 0.3 is 0 Å². The van der Waals surface area contributed by atoms with Crippen LogP contribution in [-0.2, 0) is 0 Å².